The average Bonchev–Trinajstić information content (AvgIpc) is 3.90. The Morgan fingerprint density at radius 2 is 1.02 bits per heavy atom. The number of benzene rings is 3. The Labute approximate surface area is 311 Å². The van der Waals surface area contributed by atoms with Gasteiger partial charge in [-0.2, -0.15) is 0 Å². The zero-order chi connectivity index (χ0) is 38.2. The molecule has 6 rings (SSSR count). The second-order valence-corrected chi connectivity index (χ2v) is 15.3. The lowest BCUT2D eigenvalue weighted by Crippen LogP contribution is -2.20. The highest BCUT2D eigenvalue weighted by atomic mass is 35.5. The van der Waals surface area contributed by atoms with Crippen molar-refractivity contribution < 1.29 is 27.6 Å². The van der Waals surface area contributed by atoms with Crippen LogP contribution in [0.3, 0.4) is 0 Å². The van der Waals surface area contributed by atoms with Crippen LogP contribution < -0.4 is 0 Å². The van der Waals surface area contributed by atoms with E-state index in [4.69, 9.17) is 24.9 Å². The zero-order valence-corrected chi connectivity index (χ0v) is 32.1. The van der Waals surface area contributed by atoms with Crippen molar-refractivity contribution in [2.45, 2.75) is 62.3 Å². The van der Waals surface area contributed by atoms with E-state index < -0.39 is 0 Å². The van der Waals surface area contributed by atoms with Crippen LogP contribution in [0.15, 0.2) is 129 Å². The summed E-state index contributed by atoms with van der Waals surface area (Å²) in [7, 11) is 0. The van der Waals surface area contributed by atoms with E-state index in [2.05, 4.69) is 0 Å². The number of ketones is 3. The van der Waals surface area contributed by atoms with E-state index in [1.807, 2.05) is 159 Å². The smallest absolute Gasteiger partial charge is 0.193 e. The third kappa shape index (κ3) is 10.7. The molecule has 7 heteroatoms. The van der Waals surface area contributed by atoms with Gasteiger partial charge in [0.05, 0.1) is 6.26 Å². The van der Waals surface area contributed by atoms with Crippen molar-refractivity contribution >= 4 is 29.0 Å². The monoisotopic (exact) mass is 718 g/mol. The molecule has 3 heterocycles. The first-order chi connectivity index (χ1) is 24.4. The normalized spacial score (nSPS) is 11.3. The van der Waals surface area contributed by atoms with Gasteiger partial charge in [0, 0.05) is 50.1 Å². The molecule has 0 fully saturated rings. The first-order valence-corrected chi connectivity index (χ1v) is 17.6. The third-order valence-corrected chi connectivity index (χ3v) is 8.17. The van der Waals surface area contributed by atoms with E-state index in [1.165, 1.54) is 0 Å². The van der Waals surface area contributed by atoms with Crippen LogP contribution in [0.25, 0.3) is 34.0 Å². The van der Waals surface area contributed by atoms with Gasteiger partial charge in [-0.25, -0.2) is 0 Å². The lowest BCUT2D eigenvalue weighted by molar-refractivity contribution is 0.0852. The Hall–Kier alpha value is -5.20. The number of hydrogen-bond acceptors (Lipinski definition) is 6. The van der Waals surface area contributed by atoms with E-state index in [0.29, 0.717) is 16.5 Å². The summed E-state index contributed by atoms with van der Waals surface area (Å²) in [5.41, 5.74) is 4.18. The molecule has 3 aromatic carbocycles. The summed E-state index contributed by atoms with van der Waals surface area (Å²) in [5.74, 6) is 3.55. The Bertz CT molecular complexity index is 2110. The lowest BCUT2D eigenvalue weighted by Gasteiger charge is -2.16. The van der Waals surface area contributed by atoms with E-state index in [1.54, 1.807) is 18.4 Å². The molecular formula is C45H47ClO6. The molecule has 0 atom stereocenters. The Morgan fingerprint density at radius 1 is 0.558 bits per heavy atom. The van der Waals surface area contributed by atoms with Crippen LogP contribution in [0, 0.1) is 23.7 Å². The van der Waals surface area contributed by atoms with Crippen molar-refractivity contribution in [2.75, 3.05) is 0 Å². The van der Waals surface area contributed by atoms with Gasteiger partial charge >= 0.3 is 0 Å². The molecule has 0 aliphatic heterocycles. The summed E-state index contributed by atoms with van der Waals surface area (Å²) >= 11 is 5.73. The number of hydrogen-bond donors (Lipinski definition) is 0. The van der Waals surface area contributed by atoms with E-state index >= 15 is 0 Å². The van der Waals surface area contributed by atoms with Crippen molar-refractivity contribution in [2.24, 2.45) is 16.7 Å². The molecule has 0 amide bonds. The molecule has 0 radical (unpaired) electrons. The number of carbonyl (C=O) groups is 3. The average molecular weight is 719 g/mol. The molecule has 0 saturated heterocycles. The second kappa shape index (κ2) is 16.9. The molecule has 6 aromatic rings. The Balaban J connectivity index is 0.000000175. The van der Waals surface area contributed by atoms with Crippen LogP contribution >= 0.6 is 11.6 Å². The van der Waals surface area contributed by atoms with Gasteiger partial charge in [0.15, 0.2) is 22.6 Å². The maximum atomic E-state index is 12.2. The summed E-state index contributed by atoms with van der Waals surface area (Å²) < 4.78 is 16.2. The quantitative estimate of drug-likeness (QED) is 0.153. The summed E-state index contributed by atoms with van der Waals surface area (Å²) in [4.78, 5) is 36.3. The molecular weight excluding hydrogens is 672 g/mol. The molecule has 270 valence electrons. The van der Waals surface area contributed by atoms with Crippen molar-refractivity contribution in [3.05, 3.63) is 143 Å². The van der Waals surface area contributed by atoms with Crippen LogP contribution in [0.5, 0.6) is 0 Å². The minimum Gasteiger partial charge on any atom is -0.464 e. The summed E-state index contributed by atoms with van der Waals surface area (Å²) in [6.07, 6.45) is 1.63. The highest BCUT2D eigenvalue weighted by Gasteiger charge is 2.24. The molecule has 0 spiro atoms. The molecule has 52 heavy (non-hydrogen) atoms. The number of halogens is 1. The van der Waals surface area contributed by atoms with Crippen LogP contribution in [-0.4, -0.2) is 17.3 Å². The summed E-state index contributed by atoms with van der Waals surface area (Å²) in [6, 6.07) is 33.6. The van der Waals surface area contributed by atoms with Gasteiger partial charge in [-0.15, -0.1) is 0 Å². The van der Waals surface area contributed by atoms with Crippen LogP contribution in [0.1, 0.15) is 92.2 Å². The van der Waals surface area contributed by atoms with Gasteiger partial charge in [0.1, 0.15) is 23.0 Å². The number of Topliss-reactive ketones (excluding diaryl/α,β-unsaturated/α-hetero) is 3. The molecule has 0 saturated carbocycles. The van der Waals surface area contributed by atoms with Gasteiger partial charge in [0.2, 0.25) is 0 Å². The lowest BCUT2D eigenvalue weighted by atomic mass is 9.86. The Morgan fingerprint density at radius 3 is 1.42 bits per heavy atom. The largest absolute Gasteiger partial charge is 0.464 e. The van der Waals surface area contributed by atoms with Crippen molar-refractivity contribution in [3.8, 4) is 34.0 Å². The topological polar surface area (TPSA) is 90.6 Å². The zero-order valence-electron chi connectivity index (χ0n) is 31.4. The van der Waals surface area contributed by atoms with Gasteiger partial charge in [-0.1, -0.05) is 110 Å². The number of rotatable bonds is 7. The Kier molecular flexibility index (Phi) is 12.8. The van der Waals surface area contributed by atoms with Crippen molar-refractivity contribution in [1.82, 2.24) is 0 Å². The predicted octanol–water partition coefficient (Wildman–Crippen LogP) is 13.1. The van der Waals surface area contributed by atoms with Gasteiger partial charge in [-0.3, -0.25) is 14.4 Å². The number of aryl methyl sites for hydroxylation is 1. The minimum atomic E-state index is -0.363. The molecule has 0 aliphatic carbocycles. The fourth-order valence-electron chi connectivity index (χ4n) is 5.15. The van der Waals surface area contributed by atoms with E-state index in [9.17, 15) is 14.4 Å². The fourth-order valence-corrected chi connectivity index (χ4v) is 5.30. The molecule has 0 aliphatic rings. The molecule has 0 bridgehead atoms. The first kappa shape index (κ1) is 39.6. The van der Waals surface area contributed by atoms with Crippen LogP contribution in [0.4, 0.5) is 0 Å². The maximum absolute atomic E-state index is 12.2. The van der Waals surface area contributed by atoms with E-state index in [0.717, 1.165) is 45.1 Å². The van der Waals surface area contributed by atoms with Crippen LogP contribution in [-0.2, 0) is 0 Å². The van der Waals surface area contributed by atoms with Gasteiger partial charge in [-0.05, 0) is 73.1 Å². The second-order valence-electron chi connectivity index (χ2n) is 14.9. The molecule has 3 aromatic heterocycles. The molecule has 0 N–H and O–H groups in total. The van der Waals surface area contributed by atoms with Gasteiger partial charge < -0.3 is 13.3 Å². The highest BCUT2D eigenvalue weighted by molar-refractivity contribution is 6.29. The van der Waals surface area contributed by atoms with Gasteiger partial charge in [0.25, 0.3) is 0 Å². The first-order valence-electron chi connectivity index (χ1n) is 17.2. The third-order valence-electron chi connectivity index (χ3n) is 7.97. The standard InChI is InChI=1S/C16H18O2.C15H16O2.C14H13ClO2/c1-11-8-9-14(18-11)12-6-5-7-13(10-12)15(17)16(2,3)4;1-15(2,3)14(16)12-7-4-6-11(10-12)13-8-5-9-17-13;1-9(2)14(16)11-5-3-4-10(8-11)12-6-7-13(15)17-12/h5-10H,1-4H3;4-10H,1-3H3;3-9H,1-2H3. The maximum Gasteiger partial charge on any atom is 0.193 e. The van der Waals surface area contributed by atoms with Crippen molar-refractivity contribution in [1.29, 1.82) is 0 Å². The summed E-state index contributed by atoms with van der Waals surface area (Å²) in [6.45, 7) is 17.3. The van der Waals surface area contributed by atoms with E-state index in [-0.39, 0.29) is 34.1 Å². The SMILES string of the molecule is CC(C)(C)C(=O)c1cccc(-c2ccco2)c1.CC(C)C(=O)c1cccc(-c2ccc(Cl)o2)c1.Cc1ccc(-c2cccc(C(=O)C(C)(C)C)c2)o1. The van der Waals surface area contributed by atoms with Crippen LogP contribution in [0.2, 0.25) is 5.22 Å². The number of carbonyl (C=O) groups excluding carboxylic acids is 3. The highest BCUT2D eigenvalue weighted by Crippen LogP contribution is 2.28. The fraction of sp³-hybridized carbons (Fsp3) is 0.267. The number of furan rings is 3. The molecule has 6 nitrogen and oxygen atoms in total. The molecule has 0 unspecified atom stereocenters. The summed E-state index contributed by atoms with van der Waals surface area (Å²) in [5, 5.41) is 0.348. The van der Waals surface area contributed by atoms with Crippen molar-refractivity contribution in [3.63, 3.8) is 0 Å². The minimum absolute atomic E-state index is 0.00885. The predicted molar refractivity (Wildman–Crippen MR) is 209 cm³/mol.